The van der Waals surface area contributed by atoms with Crippen molar-refractivity contribution in [2.45, 2.75) is 12.5 Å². The Morgan fingerprint density at radius 1 is 1.30 bits per heavy atom. The van der Waals surface area contributed by atoms with Crippen LogP contribution in [0.3, 0.4) is 0 Å². The van der Waals surface area contributed by atoms with Crippen molar-refractivity contribution in [1.29, 1.82) is 0 Å². The van der Waals surface area contributed by atoms with Crippen LogP contribution in [0.2, 0.25) is 0 Å². The molecular formula is C16H17N3O4. The molecule has 1 N–H and O–H groups in total. The van der Waals surface area contributed by atoms with E-state index in [1.54, 1.807) is 43.8 Å². The van der Waals surface area contributed by atoms with E-state index in [2.05, 4.69) is 15.3 Å². The summed E-state index contributed by atoms with van der Waals surface area (Å²) < 4.78 is 16.5. The molecule has 7 nitrogen and oxygen atoms in total. The van der Waals surface area contributed by atoms with Crippen LogP contribution in [0.25, 0.3) is 0 Å². The molecule has 1 aliphatic rings. The molecule has 120 valence electrons. The van der Waals surface area contributed by atoms with Crippen molar-refractivity contribution < 1.29 is 19.0 Å². The van der Waals surface area contributed by atoms with Gasteiger partial charge in [-0.15, -0.1) is 0 Å². The van der Waals surface area contributed by atoms with Crippen LogP contribution in [-0.4, -0.2) is 42.3 Å². The van der Waals surface area contributed by atoms with Crippen molar-refractivity contribution in [1.82, 2.24) is 9.97 Å². The van der Waals surface area contributed by atoms with E-state index in [4.69, 9.17) is 14.2 Å². The number of hydrogen-bond acceptors (Lipinski definition) is 6. The molecule has 0 saturated carbocycles. The summed E-state index contributed by atoms with van der Waals surface area (Å²) in [5.74, 6) is 1.03. The lowest BCUT2D eigenvalue weighted by Crippen LogP contribution is -2.17. The molecule has 3 rings (SSSR count). The molecule has 1 aromatic heterocycles. The number of aromatic nitrogens is 2. The monoisotopic (exact) mass is 315 g/mol. The molecule has 0 radical (unpaired) electrons. The number of nitrogens with zero attached hydrogens (tertiary/aromatic N) is 2. The summed E-state index contributed by atoms with van der Waals surface area (Å²) in [5, 5.41) is 2.63. The van der Waals surface area contributed by atoms with Gasteiger partial charge in [-0.25, -0.2) is 9.97 Å². The summed E-state index contributed by atoms with van der Waals surface area (Å²) in [7, 11) is 1.56. The SMILES string of the molecule is COc1ccc(C(=O)Nc2ncccn2)cc1OC1CCOC1. The van der Waals surface area contributed by atoms with Gasteiger partial charge in [0.2, 0.25) is 5.95 Å². The average molecular weight is 315 g/mol. The van der Waals surface area contributed by atoms with Gasteiger partial charge in [0, 0.05) is 24.4 Å². The highest BCUT2D eigenvalue weighted by Crippen LogP contribution is 2.30. The number of nitrogens with one attached hydrogen (secondary N) is 1. The second-order valence-electron chi connectivity index (χ2n) is 5.00. The van der Waals surface area contributed by atoms with Crippen LogP contribution in [0.1, 0.15) is 16.8 Å². The minimum atomic E-state index is -0.314. The molecular weight excluding hydrogens is 298 g/mol. The Bertz CT molecular complexity index is 672. The highest BCUT2D eigenvalue weighted by atomic mass is 16.6. The van der Waals surface area contributed by atoms with Gasteiger partial charge in [0.15, 0.2) is 11.5 Å². The normalized spacial score (nSPS) is 16.8. The fourth-order valence-corrected chi connectivity index (χ4v) is 2.23. The molecule has 1 aliphatic heterocycles. The number of ether oxygens (including phenoxy) is 3. The number of anilines is 1. The first-order chi connectivity index (χ1) is 11.3. The van der Waals surface area contributed by atoms with Crippen LogP contribution < -0.4 is 14.8 Å². The topological polar surface area (TPSA) is 82.6 Å². The van der Waals surface area contributed by atoms with Gasteiger partial charge < -0.3 is 14.2 Å². The largest absolute Gasteiger partial charge is 0.493 e. The lowest BCUT2D eigenvalue weighted by Gasteiger charge is -2.15. The predicted molar refractivity (Wildman–Crippen MR) is 82.8 cm³/mol. The van der Waals surface area contributed by atoms with Crippen molar-refractivity contribution >= 4 is 11.9 Å². The first-order valence-corrected chi connectivity index (χ1v) is 7.27. The summed E-state index contributed by atoms with van der Waals surface area (Å²) in [6.45, 7) is 1.22. The van der Waals surface area contributed by atoms with Gasteiger partial charge in [0.25, 0.3) is 5.91 Å². The van der Waals surface area contributed by atoms with Crippen molar-refractivity contribution in [3.05, 3.63) is 42.2 Å². The zero-order valence-electron chi connectivity index (χ0n) is 12.7. The van der Waals surface area contributed by atoms with E-state index >= 15 is 0 Å². The van der Waals surface area contributed by atoms with Crippen molar-refractivity contribution in [3.63, 3.8) is 0 Å². The average Bonchev–Trinajstić information content (AvgIpc) is 3.09. The number of amides is 1. The molecule has 7 heteroatoms. The van der Waals surface area contributed by atoms with Crippen LogP contribution in [0.5, 0.6) is 11.5 Å². The number of benzene rings is 1. The van der Waals surface area contributed by atoms with E-state index in [1.165, 1.54) is 0 Å². The lowest BCUT2D eigenvalue weighted by atomic mass is 10.2. The van der Waals surface area contributed by atoms with Crippen LogP contribution in [0, 0.1) is 0 Å². The van der Waals surface area contributed by atoms with E-state index in [0.717, 1.165) is 6.42 Å². The van der Waals surface area contributed by atoms with Crippen LogP contribution in [-0.2, 0) is 4.74 Å². The van der Waals surface area contributed by atoms with Gasteiger partial charge in [-0.05, 0) is 24.3 Å². The summed E-state index contributed by atoms with van der Waals surface area (Å²) in [4.78, 5) is 20.2. The third-order valence-corrected chi connectivity index (χ3v) is 3.40. The Kier molecular flexibility index (Phi) is 4.68. The molecule has 1 aromatic carbocycles. The summed E-state index contributed by atoms with van der Waals surface area (Å²) >= 11 is 0. The standard InChI is InChI=1S/C16H17N3O4/c1-21-13-4-3-11(9-14(13)23-12-5-8-22-10-12)15(20)19-16-17-6-2-7-18-16/h2-4,6-7,9,12H,5,8,10H2,1H3,(H,17,18,19,20). The fraction of sp³-hybridized carbons (Fsp3) is 0.312. The number of carbonyl (C=O) groups is 1. The maximum Gasteiger partial charge on any atom is 0.258 e. The highest BCUT2D eigenvalue weighted by molar-refractivity contribution is 6.03. The lowest BCUT2D eigenvalue weighted by molar-refractivity contribution is 0.102. The molecule has 1 amide bonds. The van der Waals surface area contributed by atoms with Crippen molar-refractivity contribution in [3.8, 4) is 11.5 Å². The van der Waals surface area contributed by atoms with Gasteiger partial charge >= 0.3 is 0 Å². The smallest absolute Gasteiger partial charge is 0.258 e. The van der Waals surface area contributed by atoms with Crippen LogP contribution in [0.4, 0.5) is 5.95 Å². The highest BCUT2D eigenvalue weighted by Gasteiger charge is 2.20. The molecule has 2 aromatic rings. The molecule has 2 heterocycles. The molecule has 1 fully saturated rings. The first-order valence-electron chi connectivity index (χ1n) is 7.27. The van der Waals surface area contributed by atoms with E-state index in [-0.39, 0.29) is 18.0 Å². The van der Waals surface area contributed by atoms with Gasteiger partial charge in [-0.1, -0.05) is 0 Å². The minimum Gasteiger partial charge on any atom is -0.493 e. The molecule has 1 atom stereocenters. The van der Waals surface area contributed by atoms with E-state index in [0.29, 0.717) is 30.3 Å². The second kappa shape index (κ2) is 7.06. The predicted octanol–water partition coefficient (Wildman–Crippen LogP) is 1.91. The molecule has 1 unspecified atom stereocenters. The van der Waals surface area contributed by atoms with Gasteiger partial charge in [-0.3, -0.25) is 10.1 Å². The Labute approximate surface area is 133 Å². The van der Waals surface area contributed by atoms with Crippen LogP contribution >= 0.6 is 0 Å². The summed E-state index contributed by atoms with van der Waals surface area (Å²) in [6.07, 6.45) is 3.91. The van der Waals surface area contributed by atoms with E-state index in [9.17, 15) is 4.79 Å². The van der Waals surface area contributed by atoms with Crippen molar-refractivity contribution in [2.24, 2.45) is 0 Å². The summed E-state index contributed by atoms with van der Waals surface area (Å²) in [5.41, 5.74) is 0.437. The fourth-order valence-electron chi connectivity index (χ4n) is 2.23. The maximum absolute atomic E-state index is 12.3. The molecule has 0 spiro atoms. The Balaban J connectivity index is 1.77. The minimum absolute atomic E-state index is 0.0281. The van der Waals surface area contributed by atoms with Gasteiger partial charge in [0.05, 0.1) is 20.3 Å². The second-order valence-corrected chi connectivity index (χ2v) is 5.00. The maximum atomic E-state index is 12.3. The molecule has 1 saturated heterocycles. The number of carbonyl (C=O) groups excluding carboxylic acids is 1. The number of rotatable bonds is 5. The van der Waals surface area contributed by atoms with Gasteiger partial charge in [-0.2, -0.15) is 0 Å². The third kappa shape index (κ3) is 3.75. The Morgan fingerprint density at radius 2 is 2.13 bits per heavy atom. The quantitative estimate of drug-likeness (QED) is 0.907. The van der Waals surface area contributed by atoms with Crippen LogP contribution in [0.15, 0.2) is 36.7 Å². The first kappa shape index (κ1) is 15.2. The number of hydrogen-bond donors (Lipinski definition) is 1. The van der Waals surface area contributed by atoms with Gasteiger partial charge in [0.1, 0.15) is 6.10 Å². The Morgan fingerprint density at radius 3 is 2.83 bits per heavy atom. The molecule has 0 aliphatic carbocycles. The zero-order valence-corrected chi connectivity index (χ0v) is 12.7. The Hall–Kier alpha value is -2.67. The zero-order chi connectivity index (χ0) is 16.1. The van der Waals surface area contributed by atoms with Crippen molar-refractivity contribution in [2.75, 3.05) is 25.6 Å². The van der Waals surface area contributed by atoms with E-state index < -0.39 is 0 Å². The number of methoxy groups -OCH3 is 1. The molecule has 23 heavy (non-hydrogen) atoms. The van der Waals surface area contributed by atoms with E-state index in [1.807, 2.05) is 0 Å². The molecule has 0 bridgehead atoms. The third-order valence-electron chi connectivity index (χ3n) is 3.40. The summed E-state index contributed by atoms with van der Waals surface area (Å²) in [6, 6.07) is 6.69.